The molecule has 3 rings (SSSR count). The van der Waals surface area contributed by atoms with Crippen LogP contribution in [0.2, 0.25) is 5.02 Å². The molecule has 3 nitrogen and oxygen atoms in total. The Balaban J connectivity index is 1.45. The summed E-state index contributed by atoms with van der Waals surface area (Å²) in [6, 6.07) is 16.7. The van der Waals surface area contributed by atoms with E-state index in [-0.39, 0.29) is 6.10 Å². The molecule has 0 amide bonds. The van der Waals surface area contributed by atoms with Crippen molar-refractivity contribution in [2.75, 3.05) is 13.1 Å². The molecule has 1 heterocycles. The summed E-state index contributed by atoms with van der Waals surface area (Å²) in [6.45, 7) is 4.56. The third kappa shape index (κ3) is 5.05. The second-order valence-corrected chi connectivity index (χ2v) is 6.93. The molecule has 128 valence electrons. The summed E-state index contributed by atoms with van der Waals surface area (Å²) >= 11 is 6.17. The van der Waals surface area contributed by atoms with Crippen LogP contribution >= 0.6 is 11.6 Å². The lowest BCUT2D eigenvalue weighted by atomic mass is 10.1. The Bertz CT molecular complexity index is 636. The highest BCUT2D eigenvalue weighted by Gasteiger charge is 2.16. The molecule has 0 spiro atoms. The van der Waals surface area contributed by atoms with Gasteiger partial charge in [-0.05, 0) is 35.6 Å². The third-order valence-corrected chi connectivity index (χ3v) is 4.96. The predicted molar refractivity (Wildman–Crippen MR) is 99.0 cm³/mol. The van der Waals surface area contributed by atoms with Gasteiger partial charge in [0.15, 0.2) is 0 Å². The molecule has 4 heteroatoms. The van der Waals surface area contributed by atoms with Gasteiger partial charge in [0, 0.05) is 37.7 Å². The van der Waals surface area contributed by atoms with E-state index in [9.17, 15) is 5.11 Å². The molecule has 2 aromatic rings. The van der Waals surface area contributed by atoms with E-state index in [1.165, 1.54) is 11.1 Å². The SMILES string of the molecule is OC1CCN(Cc2ccc(CNCc3ccccc3Cl)cc2)CC1. The van der Waals surface area contributed by atoms with Crippen LogP contribution in [0.4, 0.5) is 0 Å². The van der Waals surface area contributed by atoms with Crippen molar-refractivity contribution in [3.63, 3.8) is 0 Å². The van der Waals surface area contributed by atoms with Crippen LogP contribution in [0, 0.1) is 0 Å². The van der Waals surface area contributed by atoms with E-state index in [0.29, 0.717) is 0 Å². The van der Waals surface area contributed by atoms with E-state index in [2.05, 4.69) is 34.5 Å². The number of rotatable bonds is 6. The Morgan fingerprint density at radius 3 is 2.33 bits per heavy atom. The van der Waals surface area contributed by atoms with Crippen LogP contribution in [0.5, 0.6) is 0 Å². The normalized spacial score (nSPS) is 16.4. The fourth-order valence-electron chi connectivity index (χ4n) is 3.08. The van der Waals surface area contributed by atoms with Crippen molar-refractivity contribution >= 4 is 11.6 Å². The molecule has 0 unspecified atom stereocenters. The molecular formula is C20H25ClN2O. The number of likely N-dealkylation sites (tertiary alicyclic amines) is 1. The standard InChI is InChI=1S/C20H25ClN2O/c21-20-4-2-1-3-18(20)14-22-13-16-5-7-17(8-6-16)15-23-11-9-19(24)10-12-23/h1-8,19,22,24H,9-15H2. The Labute approximate surface area is 149 Å². The fourth-order valence-corrected chi connectivity index (χ4v) is 3.28. The maximum absolute atomic E-state index is 9.57. The lowest BCUT2D eigenvalue weighted by molar-refractivity contribution is 0.0792. The molecule has 2 N–H and O–H groups in total. The van der Waals surface area contributed by atoms with Crippen molar-refractivity contribution in [2.45, 2.75) is 38.6 Å². The first-order chi connectivity index (χ1) is 11.7. The molecule has 0 aromatic heterocycles. The summed E-state index contributed by atoms with van der Waals surface area (Å²) in [5, 5.41) is 13.8. The second kappa shape index (κ2) is 8.63. The fraction of sp³-hybridized carbons (Fsp3) is 0.400. The largest absolute Gasteiger partial charge is 0.393 e. The number of aliphatic hydroxyl groups is 1. The Hall–Kier alpha value is -1.39. The zero-order valence-corrected chi connectivity index (χ0v) is 14.7. The first kappa shape index (κ1) is 17.4. The van der Waals surface area contributed by atoms with Crippen molar-refractivity contribution in [3.8, 4) is 0 Å². The summed E-state index contributed by atoms with van der Waals surface area (Å²) in [5.41, 5.74) is 3.74. The monoisotopic (exact) mass is 344 g/mol. The smallest absolute Gasteiger partial charge is 0.0564 e. The molecule has 2 aromatic carbocycles. The maximum Gasteiger partial charge on any atom is 0.0564 e. The van der Waals surface area contributed by atoms with Crippen molar-refractivity contribution in [2.24, 2.45) is 0 Å². The topological polar surface area (TPSA) is 35.5 Å². The highest BCUT2D eigenvalue weighted by atomic mass is 35.5. The summed E-state index contributed by atoms with van der Waals surface area (Å²) in [5.74, 6) is 0. The zero-order chi connectivity index (χ0) is 16.8. The van der Waals surface area contributed by atoms with Gasteiger partial charge in [0.05, 0.1) is 6.10 Å². The Morgan fingerprint density at radius 1 is 0.958 bits per heavy atom. The van der Waals surface area contributed by atoms with Gasteiger partial charge < -0.3 is 10.4 Å². The first-order valence-electron chi connectivity index (χ1n) is 8.63. The quantitative estimate of drug-likeness (QED) is 0.840. The molecule has 0 aliphatic carbocycles. The van der Waals surface area contributed by atoms with E-state index in [0.717, 1.165) is 56.2 Å². The number of aliphatic hydroxyl groups excluding tert-OH is 1. The van der Waals surface area contributed by atoms with Gasteiger partial charge in [0.2, 0.25) is 0 Å². The van der Waals surface area contributed by atoms with Gasteiger partial charge in [-0.3, -0.25) is 4.90 Å². The molecule has 0 bridgehead atoms. The number of hydrogen-bond acceptors (Lipinski definition) is 3. The minimum absolute atomic E-state index is 0.104. The van der Waals surface area contributed by atoms with E-state index in [1.807, 2.05) is 24.3 Å². The average molecular weight is 345 g/mol. The summed E-state index contributed by atoms with van der Waals surface area (Å²) < 4.78 is 0. The third-order valence-electron chi connectivity index (χ3n) is 4.59. The van der Waals surface area contributed by atoms with E-state index >= 15 is 0 Å². The van der Waals surface area contributed by atoms with Crippen molar-refractivity contribution < 1.29 is 5.11 Å². The number of benzene rings is 2. The van der Waals surface area contributed by atoms with Crippen molar-refractivity contribution in [1.82, 2.24) is 10.2 Å². The molecule has 0 atom stereocenters. The Morgan fingerprint density at radius 2 is 1.62 bits per heavy atom. The van der Waals surface area contributed by atoms with Gasteiger partial charge in [0.25, 0.3) is 0 Å². The molecule has 1 saturated heterocycles. The van der Waals surface area contributed by atoms with Crippen LogP contribution in [-0.2, 0) is 19.6 Å². The number of hydrogen-bond donors (Lipinski definition) is 2. The maximum atomic E-state index is 9.57. The molecule has 24 heavy (non-hydrogen) atoms. The average Bonchev–Trinajstić information content (AvgIpc) is 2.60. The van der Waals surface area contributed by atoms with Gasteiger partial charge in [-0.25, -0.2) is 0 Å². The van der Waals surface area contributed by atoms with Gasteiger partial charge in [-0.15, -0.1) is 0 Å². The molecule has 0 radical (unpaired) electrons. The molecule has 1 aliphatic rings. The van der Waals surface area contributed by atoms with Gasteiger partial charge in [-0.2, -0.15) is 0 Å². The molecule has 0 saturated carbocycles. The van der Waals surface area contributed by atoms with Crippen LogP contribution in [0.1, 0.15) is 29.5 Å². The van der Waals surface area contributed by atoms with Crippen LogP contribution in [0.25, 0.3) is 0 Å². The number of halogens is 1. The molecule has 1 fully saturated rings. The molecular weight excluding hydrogens is 320 g/mol. The van der Waals surface area contributed by atoms with E-state index in [4.69, 9.17) is 11.6 Å². The van der Waals surface area contributed by atoms with E-state index < -0.39 is 0 Å². The highest BCUT2D eigenvalue weighted by molar-refractivity contribution is 6.31. The van der Waals surface area contributed by atoms with Crippen LogP contribution < -0.4 is 5.32 Å². The minimum atomic E-state index is -0.104. The number of piperidine rings is 1. The second-order valence-electron chi connectivity index (χ2n) is 6.52. The van der Waals surface area contributed by atoms with Crippen LogP contribution in [0.3, 0.4) is 0 Å². The lowest BCUT2D eigenvalue weighted by Crippen LogP contribution is -2.35. The molecule has 1 aliphatic heterocycles. The van der Waals surface area contributed by atoms with E-state index in [1.54, 1.807) is 0 Å². The predicted octanol–water partition coefficient (Wildman–Crippen LogP) is 3.59. The van der Waals surface area contributed by atoms with Crippen molar-refractivity contribution in [1.29, 1.82) is 0 Å². The van der Waals surface area contributed by atoms with Crippen LogP contribution in [-0.4, -0.2) is 29.2 Å². The summed E-state index contributed by atoms with van der Waals surface area (Å²) in [6.07, 6.45) is 1.68. The van der Waals surface area contributed by atoms with Gasteiger partial charge in [0.1, 0.15) is 0 Å². The Kier molecular flexibility index (Phi) is 6.27. The summed E-state index contributed by atoms with van der Waals surface area (Å²) in [4.78, 5) is 2.41. The summed E-state index contributed by atoms with van der Waals surface area (Å²) in [7, 11) is 0. The van der Waals surface area contributed by atoms with Gasteiger partial charge >= 0.3 is 0 Å². The number of nitrogens with zero attached hydrogens (tertiary/aromatic N) is 1. The zero-order valence-electron chi connectivity index (χ0n) is 13.9. The van der Waals surface area contributed by atoms with Crippen LogP contribution in [0.15, 0.2) is 48.5 Å². The van der Waals surface area contributed by atoms with Gasteiger partial charge in [-0.1, -0.05) is 54.1 Å². The highest BCUT2D eigenvalue weighted by Crippen LogP contribution is 2.16. The number of nitrogens with one attached hydrogen (secondary N) is 1. The first-order valence-corrected chi connectivity index (χ1v) is 9.01. The lowest BCUT2D eigenvalue weighted by Gasteiger charge is -2.29. The minimum Gasteiger partial charge on any atom is -0.393 e. The van der Waals surface area contributed by atoms with Crippen molar-refractivity contribution in [3.05, 3.63) is 70.2 Å².